The highest BCUT2D eigenvalue weighted by molar-refractivity contribution is 7.44. The van der Waals surface area contributed by atoms with Crippen LogP contribution in [0.2, 0.25) is 0 Å². The van der Waals surface area contributed by atoms with Crippen LogP contribution in [-0.2, 0) is 29.0 Å². The molecule has 0 bridgehead atoms. The lowest BCUT2D eigenvalue weighted by atomic mass is 9.80. The zero-order chi connectivity index (χ0) is 41.0. The van der Waals surface area contributed by atoms with E-state index < -0.39 is 14.1 Å². The lowest BCUT2D eigenvalue weighted by Gasteiger charge is -2.36. The minimum absolute atomic E-state index is 0.0741. The number of ketones is 1. The number of methoxy groups -OCH3 is 2. The van der Waals surface area contributed by atoms with Crippen molar-refractivity contribution >= 4 is 20.2 Å². The Morgan fingerprint density at radius 1 is 0.754 bits per heavy atom. The van der Waals surface area contributed by atoms with Gasteiger partial charge in [0.05, 0.1) is 26.9 Å². The molecule has 1 aliphatic heterocycles. The molecule has 3 aromatic rings. The highest BCUT2D eigenvalue weighted by atomic mass is 31.2. The second kappa shape index (κ2) is 24.2. The monoisotopic (exact) mass is 801 g/mol. The molecule has 0 radical (unpaired) electrons. The zero-order valence-electron chi connectivity index (χ0n) is 35.0. The smallest absolute Gasteiger partial charge is 0.259 e. The average Bonchev–Trinajstić information content (AvgIpc) is 3.73. The number of Topliss-reactive ketones (excluding diaryl/α,β-unsaturated/α-hetero) is 1. The first kappa shape index (κ1) is 45.9. The van der Waals surface area contributed by atoms with Gasteiger partial charge in [-0.3, -0.25) is 9.59 Å². The molecule has 4 rings (SSSR count). The highest BCUT2D eigenvalue weighted by Crippen LogP contribution is 2.46. The maximum absolute atomic E-state index is 13.4. The summed E-state index contributed by atoms with van der Waals surface area (Å²) in [6.45, 7) is 17.9. The predicted molar refractivity (Wildman–Crippen MR) is 227 cm³/mol. The van der Waals surface area contributed by atoms with Crippen molar-refractivity contribution in [1.82, 2.24) is 9.57 Å². The summed E-state index contributed by atoms with van der Waals surface area (Å²) in [7, 11) is 2.07. The minimum atomic E-state index is -1.25. The van der Waals surface area contributed by atoms with Crippen LogP contribution in [0.5, 0.6) is 11.5 Å². The number of ether oxygens (including phenoxy) is 3. The van der Waals surface area contributed by atoms with Crippen LogP contribution in [0.15, 0.2) is 78.9 Å². The number of likely N-dealkylation sites (tertiary alicyclic amines) is 1. The van der Waals surface area contributed by atoms with Gasteiger partial charge in [0.15, 0.2) is 5.78 Å². The van der Waals surface area contributed by atoms with Crippen molar-refractivity contribution in [3.05, 3.63) is 107 Å². The molecule has 310 valence electrons. The van der Waals surface area contributed by atoms with E-state index in [4.69, 9.17) is 29.8 Å². The molecule has 10 nitrogen and oxygen atoms in total. The number of amides is 1. The Morgan fingerprint density at radius 2 is 1.30 bits per heavy atom. The molecule has 11 heteroatoms. The predicted octanol–water partition coefficient (Wildman–Crippen LogP) is 9.99. The molecule has 0 spiro atoms. The van der Waals surface area contributed by atoms with Gasteiger partial charge in [0.2, 0.25) is 12.5 Å². The van der Waals surface area contributed by atoms with Gasteiger partial charge in [-0.1, -0.05) is 67.4 Å². The van der Waals surface area contributed by atoms with Crippen LogP contribution in [0.3, 0.4) is 0 Å². The van der Waals surface area contributed by atoms with Crippen LogP contribution >= 0.6 is 8.53 Å². The first-order valence-corrected chi connectivity index (χ1v) is 21.8. The van der Waals surface area contributed by atoms with E-state index in [1.165, 1.54) is 0 Å². The van der Waals surface area contributed by atoms with Crippen molar-refractivity contribution < 1.29 is 32.8 Å². The number of benzene rings is 3. The first-order valence-electron chi connectivity index (χ1n) is 20.6. The van der Waals surface area contributed by atoms with Crippen molar-refractivity contribution in [1.29, 1.82) is 0 Å². The number of hydrogen-bond acceptors (Lipinski definition) is 8. The van der Waals surface area contributed by atoms with Gasteiger partial charge < -0.3 is 33.0 Å². The molecule has 1 fully saturated rings. The third-order valence-corrected chi connectivity index (χ3v) is 12.5. The van der Waals surface area contributed by atoms with E-state index in [1.54, 1.807) is 14.2 Å². The summed E-state index contributed by atoms with van der Waals surface area (Å²) in [6, 6.07) is 26.5. The molecule has 0 aliphatic carbocycles. The molecule has 2 atom stereocenters. The average molecular weight is 802 g/mol. The molecule has 1 unspecified atom stereocenters. The summed E-state index contributed by atoms with van der Waals surface area (Å²) in [5, 5.41) is 0. The van der Waals surface area contributed by atoms with Crippen LogP contribution < -0.4 is 9.47 Å². The van der Waals surface area contributed by atoms with Crippen LogP contribution in [0.25, 0.3) is 4.85 Å². The van der Waals surface area contributed by atoms with Gasteiger partial charge in [-0.2, -0.15) is 0 Å². The standard InChI is InChI=1S/C46H64N3O7P/c1-36(2)49(37(3)4)57(56-35-31-47-5)55-34-16-10-14-22-45(51)48-32-17-20-43(48)44(50)21-13-9-15-33-54-46(38-18-11-8-12-19-38,39-23-27-41(52-6)28-24-39)40-25-29-42(53-7)30-26-40/h8,11-12,18-19,23-30,36-37,43H,9-10,13-17,20-22,31-35H2,1-4,6-7H3/t43-,57?/m0/s1. The molecule has 3 aromatic carbocycles. The summed E-state index contributed by atoms with van der Waals surface area (Å²) in [5.41, 5.74) is 2.12. The third kappa shape index (κ3) is 13.1. The maximum Gasteiger partial charge on any atom is 0.259 e. The molecule has 0 aromatic heterocycles. The summed E-state index contributed by atoms with van der Waals surface area (Å²) in [4.78, 5) is 32.0. The van der Waals surface area contributed by atoms with Gasteiger partial charge in [-0.25, -0.2) is 11.2 Å². The summed E-state index contributed by atoms with van der Waals surface area (Å²) in [5.74, 6) is 1.78. The Balaban J connectivity index is 1.26. The second-order valence-electron chi connectivity index (χ2n) is 15.0. The van der Waals surface area contributed by atoms with E-state index in [0.717, 1.165) is 79.6 Å². The van der Waals surface area contributed by atoms with E-state index in [9.17, 15) is 9.59 Å². The Labute approximate surface area is 343 Å². The van der Waals surface area contributed by atoms with Gasteiger partial charge in [0.25, 0.3) is 8.53 Å². The first-order chi connectivity index (χ1) is 27.7. The van der Waals surface area contributed by atoms with E-state index in [0.29, 0.717) is 45.8 Å². The number of unbranched alkanes of at least 4 members (excludes halogenated alkanes) is 4. The van der Waals surface area contributed by atoms with Gasteiger partial charge >= 0.3 is 0 Å². The Kier molecular flexibility index (Phi) is 19.4. The minimum Gasteiger partial charge on any atom is -0.497 e. The summed E-state index contributed by atoms with van der Waals surface area (Å²) >= 11 is 0. The van der Waals surface area contributed by atoms with Crippen molar-refractivity contribution in [2.45, 2.75) is 116 Å². The normalized spacial score (nSPS) is 14.9. The van der Waals surface area contributed by atoms with Gasteiger partial charge in [0, 0.05) is 38.1 Å². The number of nitrogens with zero attached hydrogens (tertiary/aromatic N) is 3. The quantitative estimate of drug-likeness (QED) is 0.0343. The summed E-state index contributed by atoms with van der Waals surface area (Å²) < 4.78 is 32.3. The fourth-order valence-corrected chi connectivity index (χ4v) is 9.21. The second-order valence-corrected chi connectivity index (χ2v) is 16.5. The Bertz CT molecular complexity index is 1610. The fourth-order valence-electron chi connectivity index (χ4n) is 7.59. The third-order valence-electron chi connectivity index (χ3n) is 10.4. The maximum atomic E-state index is 13.4. The van der Waals surface area contributed by atoms with Crippen molar-refractivity contribution in [2.24, 2.45) is 0 Å². The fraction of sp³-hybridized carbons (Fsp3) is 0.543. The van der Waals surface area contributed by atoms with E-state index in [2.05, 4.69) is 73.6 Å². The molecular formula is C46H64N3O7P. The number of rotatable bonds is 26. The highest BCUT2D eigenvalue weighted by Gasteiger charge is 2.38. The molecule has 1 aliphatic rings. The zero-order valence-corrected chi connectivity index (χ0v) is 35.9. The summed E-state index contributed by atoms with van der Waals surface area (Å²) in [6.07, 6.45) is 7.30. The number of carbonyl (C=O) groups is 2. The van der Waals surface area contributed by atoms with Crippen LogP contribution in [-0.4, -0.2) is 86.5 Å². The number of carbonyl (C=O) groups excluding carboxylic acids is 2. The molecule has 57 heavy (non-hydrogen) atoms. The molecular weight excluding hydrogens is 737 g/mol. The molecule has 0 saturated carbocycles. The molecule has 1 amide bonds. The topological polar surface area (TPSA) is 91.1 Å². The van der Waals surface area contributed by atoms with Crippen molar-refractivity contribution in [3.8, 4) is 11.5 Å². The Hall–Kier alpha value is -3.84. The molecule has 1 saturated heterocycles. The largest absolute Gasteiger partial charge is 0.497 e. The number of hydrogen-bond donors (Lipinski definition) is 0. The van der Waals surface area contributed by atoms with Gasteiger partial charge in [-0.15, -0.1) is 0 Å². The van der Waals surface area contributed by atoms with Crippen LogP contribution in [0.4, 0.5) is 0 Å². The van der Waals surface area contributed by atoms with Gasteiger partial charge in [-0.05, 0) is 107 Å². The van der Waals surface area contributed by atoms with Crippen LogP contribution in [0, 0.1) is 6.57 Å². The Morgan fingerprint density at radius 3 is 1.86 bits per heavy atom. The SMILES string of the molecule is [C-]#[N+]CCOP(OCCCCCC(=O)N1CCC[C@H]1C(=O)CCCCCOC(c1ccccc1)(c1ccc(OC)cc1)c1ccc(OC)cc1)N(C(C)C)C(C)C. The van der Waals surface area contributed by atoms with Gasteiger partial charge in [0.1, 0.15) is 23.7 Å². The lowest BCUT2D eigenvalue weighted by Crippen LogP contribution is -2.40. The van der Waals surface area contributed by atoms with E-state index in [1.807, 2.05) is 47.4 Å². The van der Waals surface area contributed by atoms with Crippen molar-refractivity contribution in [3.63, 3.8) is 0 Å². The molecule has 0 N–H and O–H groups in total. The molecule has 1 heterocycles. The van der Waals surface area contributed by atoms with E-state index in [-0.39, 0.29) is 29.8 Å². The van der Waals surface area contributed by atoms with Crippen LogP contribution in [0.1, 0.15) is 109 Å². The van der Waals surface area contributed by atoms with Crippen molar-refractivity contribution in [2.75, 3.05) is 47.1 Å². The lowest BCUT2D eigenvalue weighted by molar-refractivity contribution is -0.137. The van der Waals surface area contributed by atoms with E-state index >= 15 is 0 Å².